The fourth-order valence-electron chi connectivity index (χ4n) is 4.45. The predicted octanol–water partition coefficient (Wildman–Crippen LogP) is 2.32. The molecule has 8 nitrogen and oxygen atoms in total. The average Bonchev–Trinajstić information content (AvgIpc) is 3.17. The number of aromatic nitrogens is 2. The number of likely N-dealkylation sites (tertiary alicyclic amines) is 1. The highest BCUT2D eigenvalue weighted by Crippen LogP contribution is 2.46. The van der Waals surface area contributed by atoms with E-state index in [1.54, 1.807) is 4.90 Å². The number of anilines is 1. The van der Waals surface area contributed by atoms with Crippen molar-refractivity contribution in [1.82, 2.24) is 14.5 Å². The molecule has 2 aliphatic rings. The summed E-state index contributed by atoms with van der Waals surface area (Å²) in [6.45, 7) is 3.15. The van der Waals surface area contributed by atoms with E-state index in [2.05, 4.69) is 26.6 Å². The second-order valence-electron chi connectivity index (χ2n) is 8.28. The Bertz CT molecular complexity index is 984. The van der Waals surface area contributed by atoms with Gasteiger partial charge in [-0.3, -0.25) is 9.69 Å². The van der Waals surface area contributed by atoms with Gasteiger partial charge in [-0.15, -0.1) is 0 Å². The molecule has 1 spiro atoms. The molecule has 0 radical (unpaired) electrons. The Morgan fingerprint density at radius 1 is 1.21 bits per heavy atom. The number of fused-ring (bicyclic) bond motifs is 2. The molecule has 0 atom stereocenters. The molecule has 1 amide bonds. The number of amides is 1. The van der Waals surface area contributed by atoms with Crippen LogP contribution in [0.25, 0.3) is 0 Å². The zero-order valence-electron chi connectivity index (χ0n) is 18.3. The van der Waals surface area contributed by atoms with Crippen molar-refractivity contribution < 1.29 is 33.0 Å². The predicted molar refractivity (Wildman–Crippen MR) is 114 cm³/mol. The van der Waals surface area contributed by atoms with Gasteiger partial charge in [-0.1, -0.05) is 18.2 Å². The smallest absolute Gasteiger partial charge is 0.475 e. The lowest BCUT2D eigenvalue weighted by Gasteiger charge is -2.47. The van der Waals surface area contributed by atoms with Gasteiger partial charge in [0.2, 0.25) is 5.91 Å². The summed E-state index contributed by atoms with van der Waals surface area (Å²) < 4.78 is 33.8. The van der Waals surface area contributed by atoms with Gasteiger partial charge in [0.1, 0.15) is 5.82 Å². The SMILES string of the molecule is Cn1ccnc1CN1CCC2(CC1)CC(=O)N(CCO)c1ccccc12.O=C(O)C(F)(F)F. The standard InChI is InChI=1S/C20H26N4O2.C2HF3O2/c1-22-11-8-21-18(22)15-23-9-6-20(7-10-23)14-19(26)24(12-13-25)17-5-3-2-4-16(17)20;3-2(4,5)1(6)7/h2-5,8,11,25H,6-7,9-10,12-15H2,1H3;(H,6,7). The van der Waals surface area contributed by atoms with Crippen LogP contribution < -0.4 is 4.90 Å². The van der Waals surface area contributed by atoms with E-state index in [1.807, 2.05) is 31.6 Å². The Morgan fingerprint density at radius 3 is 2.39 bits per heavy atom. The molecule has 11 heteroatoms. The van der Waals surface area contributed by atoms with E-state index in [9.17, 15) is 23.1 Å². The van der Waals surface area contributed by atoms with Gasteiger partial charge in [-0.05, 0) is 37.6 Å². The quantitative estimate of drug-likeness (QED) is 0.715. The number of carbonyl (C=O) groups is 2. The largest absolute Gasteiger partial charge is 0.490 e. The van der Waals surface area contributed by atoms with Crippen LogP contribution in [0.15, 0.2) is 36.7 Å². The molecule has 2 aromatic rings. The van der Waals surface area contributed by atoms with Gasteiger partial charge >= 0.3 is 12.1 Å². The van der Waals surface area contributed by atoms with Gasteiger partial charge in [-0.2, -0.15) is 13.2 Å². The van der Waals surface area contributed by atoms with Crippen LogP contribution in [0.3, 0.4) is 0 Å². The summed E-state index contributed by atoms with van der Waals surface area (Å²) in [6.07, 6.45) is 1.24. The number of carboxylic acid groups (broad SMARTS) is 1. The summed E-state index contributed by atoms with van der Waals surface area (Å²) in [7, 11) is 2.03. The molecule has 0 aliphatic carbocycles. The minimum absolute atomic E-state index is 0.00941. The molecule has 1 aromatic heterocycles. The zero-order valence-corrected chi connectivity index (χ0v) is 18.3. The van der Waals surface area contributed by atoms with Crippen molar-refractivity contribution in [2.75, 3.05) is 31.1 Å². The van der Waals surface area contributed by atoms with Crippen LogP contribution in [-0.2, 0) is 28.6 Å². The molecule has 2 N–H and O–H groups in total. The Balaban J connectivity index is 0.000000383. The first kappa shape index (κ1) is 24.7. The van der Waals surface area contributed by atoms with Crippen molar-refractivity contribution in [3.05, 3.63) is 48.0 Å². The number of aliphatic hydroxyl groups excluding tert-OH is 1. The Hall–Kier alpha value is -2.92. The number of hydrogen-bond donors (Lipinski definition) is 2. The molecule has 1 saturated heterocycles. The minimum Gasteiger partial charge on any atom is -0.475 e. The molecular weight excluding hydrogens is 441 g/mol. The average molecular weight is 468 g/mol. The fraction of sp³-hybridized carbons (Fsp3) is 0.500. The zero-order chi connectivity index (χ0) is 24.2. The second-order valence-corrected chi connectivity index (χ2v) is 8.28. The highest BCUT2D eigenvalue weighted by molar-refractivity contribution is 5.98. The number of aliphatic carboxylic acids is 1. The molecule has 0 bridgehead atoms. The number of hydrogen-bond acceptors (Lipinski definition) is 5. The maximum absolute atomic E-state index is 12.8. The van der Waals surface area contributed by atoms with E-state index in [0.717, 1.165) is 44.0 Å². The summed E-state index contributed by atoms with van der Waals surface area (Å²) in [5, 5.41) is 16.5. The first-order chi connectivity index (χ1) is 15.6. The Labute approximate surface area is 189 Å². The van der Waals surface area contributed by atoms with E-state index < -0.39 is 12.1 Å². The number of aryl methyl sites for hydroxylation is 1. The number of β-amino-alcohol motifs (C(OH)–C–C–N with tert-alkyl or cyclic N) is 1. The van der Waals surface area contributed by atoms with E-state index in [4.69, 9.17) is 9.90 Å². The summed E-state index contributed by atoms with van der Waals surface area (Å²) in [6, 6.07) is 8.23. The first-order valence-electron chi connectivity index (χ1n) is 10.6. The summed E-state index contributed by atoms with van der Waals surface area (Å²) >= 11 is 0. The first-order valence-corrected chi connectivity index (χ1v) is 10.6. The summed E-state index contributed by atoms with van der Waals surface area (Å²) in [5.74, 6) is -1.54. The maximum Gasteiger partial charge on any atom is 0.490 e. The molecule has 1 fully saturated rings. The third-order valence-corrected chi connectivity index (χ3v) is 6.22. The van der Waals surface area contributed by atoms with Gasteiger partial charge in [0.05, 0.1) is 13.2 Å². The van der Waals surface area contributed by atoms with Crippen molar-refractivity contribution in [2.45, 2.75) is 37.4 Å². The van der Waals surface area contributed by atoms with Crippen molar-refractivity contribution in [1.29, 1.82) is 0 Å². The number of halogens is 3. The fourth-order valence-corrected chi connectivity index (χ4v) is 4.45. The summed E-state index contributed by atoms with van der Waals surface area (Å²) in [4.78, 5) is 30.3. The van der Waals surface area contributed by atoms with Crippen molar-refractivity contribution in [3.8, 4) is 0 Å². The molecule has 4 rings (SSSR count). The van der Waals surface area contributed by atoms with E-state index in [1.165, 1.54) is 5.56 Å². The topological polar surface area (TPSA) is 98.9 Å². The Morgan fingerprint density at radius 2 is 1.85 bits per heavy atom. The second kappa shape index (κ2) is 9.92. The van der Waals surface area contributed by atoms with E-state index in [0.29, 0.717) is 13.0 Å². The highest BCUT2D eigenvalue weighted by atomic mass is 19.4. The van der Waals surface area contributed by atoms with Crippen LogP contribution in [0.2, 0.25) is 0 Å². The summed E-state index contributed by atoms with van der Waals surface area (Å²) in [5.41, 5.74) is 2.18. The number of carboxylic acids is 1. The normalized spacial score (nSPS) is 18.0. The Kier molecular flexibility index (Phi) is 7.43. The third kappa shape index (κ3) is 5.53. The monoisotopic (exact) mass is 468 g/mol. The number of rotatable bonds is 4. The highest BCUT2D eigenvalue weighted by Gasteiger charge is 2.44. The minimum atomic E-state index is -5.08. The number of aliphatic hydroxyl groups is 1. The molecule has 0 saturated carbocycles. The molecule has 2 aliphatic heterocycles. The number of imidazole rings is 1. The van der Waals surface area contributed by atoms with Crippen LogP contribution >= 0.6 is 0 Å². The lowest BCUT2D eigenvalue weighted by Crippen LogP contribution is -2.50. The number of carbonyl (C=O) groups excluding carboxylic acids is 1. The number of benzene rings is 1. The van der Waals surface area contributed by atoms with Gasteiger partial charge in [-0.25, -0.2) is 9.78 Å². The molecule has 1 aromatic carbocycles. The lowest BCUT2D eigenvalue weighted by atomic mass is 9.67. The molecule has 33 heavy (non-hydrogen) atoms. The van der Waals surface area contributed by atoms with Crippen LogP contribution in [0.1, 0.15) is 30.7 Å². The van der Waals surface area contributed by atoms with Gasteiger partial charge in [0.15, 0.2) is 0 Å². The molecule has 180 valence electrons. The number of alkyl halides is 3. The van der Waals surface area contributed by atoms with Gasteiger partial charge in [0.25, 0.3) is 0 Å². The van der Waals surface area contributed by atoms with Crippen molar-refractivity contribution in [3.63, 3.8) is 0 Å². The maximum atomic E-state index is 12.8. The van der Waals surface area contributed by atoms with Crippen LogP contribution in [0.5, 0.6) is 0 Å². The van der Waals surface area contributed by atoms with Crippen LogP contribution in [-0.4, -0.2) is 69.0 Å². The van der Waals surface area contributed by atoms with Crippen LogP contribution in [0, 0.1) is 0 Å². The van der Waals surface area contributed by atoms with Crippen molar-refractivity contribution >= 4 is 17.6 Å². The van der Waals surface area contributed by atoms with E-state index >= 15 is 0 Å². The van der Waals surface area contributed by atoms with Gasteiger partial charge < -0.3 is 19.7 Å². The van der Waals surface area contributed by atoms with Crippen LogP contribution in [0.4, 0.5) is 18.9 Å². The third-order valence-electron chi connectivity index (χ3n) is 6.22. The number of piperidine rings is 1. The number of nitrogens with zero attached hydrogens (tertiary/aromatic N) is 4. The molecular formula is C22H27F3N4O4. The molecule has 3 heterocycles. The van der Waals surface area contributed by atoms with Gasteiger partial charge in [0, 0.05) is 43.5 Å². The van der Waals surface area contributed by atoms with E-state index in [-0.39, 0.29) is 17.9 Å². The van der Waals surface area contributed by atoms with Crippen molar-refractivity contribution in [2.24, 2.45) is 7.05 Å². The molecule has 0 unspecified atom stereocenters. The number of para-hydroxylation sites is 1. The lowest BCUT2D eigenvalue weighted by molar-refractivity contribution is -0.192.